The molecule has 0 saturated carbocycles. The van der Waals surface area contributed by atoms with Crippen LogP contribution in [0.25, 0.3) is 0 Å². The van der Waals surface area contributed by atoms with Gasteiger partial charge in [0, 0.05) is 18.8 Å². The zero-order valence-corrected chi connectivity index (χ0v) is 14.3. The van der Waals surface area contributed by atoms with E-state index in [0.29, 0.717) is 11.7 Å². The predicted molar refractivity (Wildman–Crippen MR) is 98.9 cm³/mol. The summed E-state index contributed by atoms with van der Waals surface area (Å²) < 4.78 is 5.21. The Morgan fingerprint density at radius 1 is 1.22 bits per heavy atom. The van der Waals surface area contributed by atoms with E-state index in [2.05, 4.69) is 46.7 Å². The van der Waals surface area contributed by atoms with Crippen molar-refractivity contribution in [2.45, 2.75) is 20.4 Å². The first-order valence-corrected chi connectivity index (χ1v) is 8.08. The smallest absolute Gasteiger partial charge is 0.187 e. The Labute approximate surface area is 142 Å². The van der Waals surface area contributed by atoms with Gasteiger partial charge in [0.05, 0.1) is 19.0 Å². The van der Waals surface area contributed by atoms with Crippen molar-refractivity contribution >= 4 is 29.2 Å². The number of rotatable bonds is 7. The molecule has 1 aromatic carbocycles. The maximum Gasteiger partial charge on any atom is 0.187 e. The lowest BCUT2D eigenvalue weighted by atomic mass is 10.2. The van der Waals surface area contributed by atoms with Crippen molar-refractivity contribution in [3.63, 3.8) is 0 Å². The van der Waals surface area contributed by atoms with Gasteiger partial charge in [-0.15, -0.1) is 0 Å². The Bertz CT molecular complexity index is 619. The molecular formula is C17H22N4OS. The topological polar surface area (TPSA) is 52.8 Å². The van der Waals surface area contributed by atoms with Crippen molar-refractivity contribution in [3.8, 4) is 0 Å². The van der Waals surface area contributed by atoms with E-state index in [1.165, 1.54) is 5.69 Å². The molecule has 0 spiro atoms. The molecule has 5 nitrogen and oxygen atoms in total. The Balaban J connectivity index is 1.79. The molecular weight excluding hydrogens is 308 g/mol. The summed E-state index contributed by atoms with van der Waals surface area (Å²) in [6.07, 6.45) is 3.38. The van der Waals surface area contributed by atoms with Crippen LogP contribution in [0.2, 0.25) is 0 Å². The molecule has 0 aliphatic heterocycles. The van der Waals surface area contributed by atoms with Crippen molar-refractivity contribution in [1.82, 2.24) is 10.7 Å². The quantitative estimate of drug-likeness (QED) is 0.464. The molecule has 2 aromatic rings. The molecule has 1 aromatic heterocycles. The van der Waals surface area contributed by atoms with Gasteiger partial charge in [-0.25, -0.2) is 0 Å². The normalized spacial score (nSPS) is 10.7. The average molecular weight is 330 g/mol. The van der Waals surface area contributed by atoms with Crippen molar-refractivity contribution in [2.24, 2.45) is 5.10 Å². The minimum atomic E-state index is 0.456. The summed E-state index contributed by atoms with van der Waals surface area (Å²) in [5, 5.41) is 7.61. The number of nitrogens with one attached hydrogen (secondary N) is 2. The molecule has 0 atom stereocenters. The zero-order valence-electron chi connectivity index (χ0n) is 13.5. The van der Waals surface area contributed by atoms with E-state index in [1.54, 1.807) is 12.5 Å². The Hall–Kier alpha value is -2.34. The molecule has 0 saturated heterocycles. The fourth-order valence-corrected chi connectivity index (χ4v) is 2.27. The van der Waals surface area contributed by atoms with Crippen molar-refractivity contribution in [2.75, 3.05) is 18.0 Å². The molecule has 2 N–H and O–H groups in total. The lowest BCUT2D eigenvalue weighted by Crippen LogP contribution is -2.31. The van der Waals surface area contributed by atoms with E-state index >= 15 is 0 Å². The first kappa shape index (κ1) is 17.0. The van der Waals surface area contributed by atoms with E-state index in [-0.39, 0.29) is 0 Å². The molecule has 23 heavy (non-hydrogen) atoms. The van der Waals surface area contributed by atoms with Gasteiger partial charge in [0.1, 0.15) is 5.76 Å². The van der Waals surface area contributed by atoms with Crippen molar-refractivity contribution in [1.29, 1.82) is 0 Å². The molecule has 0 aliphatic carbocycles. The van der Waals surface area contributed by atoms with Gasteiger partial charge in [-0.3, -0.25) is 5.43 Å². The Morgan fingerprint density at radius 3 is 2.57 bits per heavy atom. The van der Waals surface area contributed by atoms with Crippen LogP contribution >= 0.6 is 12.2 Å². The number of furan rings is 1. The highest BCUT2D eigenvalue weighted by molar-refractivity contribution is 7.80. The van der Waals surface area contributed by atoms with Crippen LogP contribution < -0.4 is 15.6 Å². The minimum absolute atomic E-state index is 0.456. The second-order valence-electron chi connectivity index (χ2n) is 4.90. The van der Waals surface area contributed by atoms with Crippen molar-refractivity contribution in [3.05, 3.63) is 54.0 Å². The summed E-state index contributed by atoms with van der Waals surface area (Å²) in [5.74, 6) is 0.824. The first-order valence-electron chi connectivity index (χ1n) is 7.67. The van der Waals surface area contributed by atoms with E-state index in [4.69, 9.17) is 16.6 Å². The van der Waals surface area contributed by atoms with Crippen LogP contribution in [0, 0.1) is 0 Å². The first-order chi connectivity index (χ1) is 11.2. The van der Waals surface area contributed by atoms with Crippen molar-refractivity contribution < 1.29 is 4.42 Å². The number of hydrogen-bond acceptors (Lipinski definition) is 4. The second-order valence-corrected chi connectivity index (χ2v) is 5.30. The monoisotopic (exact) mass is 330 g/mol. The maximum absolute atomic E-state index is 5.21. The number of benzene rings is 1. The van der Waals surface area contributed by atoms with Gasteiger partial charge < -0.3 is 14.6 Å². The minimum Gasteiger partial charge on any atom is -0.467 e. The van der Waals surface area contributed by atoms with Gasteiger partial charge in [0.2, 0.25) is 0 Å². The fourth-order valence-electron chi connectivity index (χ4n) is 2.15. The molecule has 2 rings (SSSR count). The maximum atomic E-state index is 5.21. The largest absolute Gasteiger partial charge is 0.467 e. The highest BCUT2D eigenvalue weighted by Crippen LogP contribution is 2.13. The number of hydrazone groups is 1. The predicted octanol–water partition coefficient (Wildman–Crippen LogP) is 3.12. The molecule has 122 valence electrons. The van der Waals surface area contributed by atoms with E-state index in [1.807, 2.05) is 24.3 Å². The highest BCUT2D eigenvalue weighted by Gasteiger charge is 2.00. The van der Waals surface area contributed by atoms with Crippen LogP contribution in [0.5, 0.6) is 0 Å². The summed E-state index contributed by atoms with van der Waals surface area (Å²) in [7, 11) is 0. The number of hydrogen-bond donors (Lipinski definition) is 2. The number of anilines is 1. The van der Waals surface area contributed by atoms with Crippen LogP contribution in [0.4, 0.5) is 5.69 Å². The molecule has 0 fully saturated rings. The molecule has 0 amide bonds. The Kier molecular flexibility index (Phi) is 6.62. The van der Waals surface area contributed by atoms with Gasteiger partial charge in [-0.05, 0) is 55.9 Å². The van der Waals surface area contributed by atoms with Crippen LogP contribution in [0.1, 0.15) is 25.2 Å². The summed E-state index contributed by atoms with van der Waals surface area (Å²) in [6, 6.07) is 12.0. The van der Waals surface area contributed by atoms with E-state index in [0.717, 1.165) is 24.4 Å². The molecule has 0 radical (unpaired) electrons. The van der Waals surface area contributed by atoms with Crippen LogP contribution in [-0.4, -0.2) is 24.4 Å². The third-order valence-corrected chi connectivity index (χ3v) is 3.64. The van der Waals surface area contributed by atoms with Crippen LogP contribution in [0.15, 0.2) is 52.2 Å². The summed E-state index contributed by atoms with van der Waals surface area (Å²) >= 11 is 5.14. The molecule has 1 heterocycles. The molecule has 0 bridgehead atoms. The summed E-state index contributed by atoms with van der Waals surface area (Å²) in [6.45, 7) is 6.84. The van der Waals surface area contributed by atoms with Gasteiger partial charge in [-0.2, -0.15) is 5.10 Å². The SMILES string of the molecule is CCN(CC)c1ccc(/C=N\NC(=S)NCc2ccco2)cc1. The van der Waals surface area contributed by atoms with Gasteiger partial charge in [-0.1, -0.05) is 12.1 Å². The average Bonchev–Trinajstić information content (AvgIpc) is 3.09. The fraction of sp³-hybridized carbons (Fsp3) is 0.294. The lowest BCUT2D eigenvalue weighted by molar-refractivity contribution is 0.502. The van der Waals surface area contributed by atoms with Gasteiger partial charge >= 0.3 is 0 Å². The third-order valence-electron chi connectivity index (χ3n) is 3.40. The second kappa shape index (κ2) is 8.95. The molecule has 0 aliphatic rings. The standard InChI is InChI=1S/C17H22N4OS/c1-3-21(4-2)15-9-7-14(8-10-15)12-19-20-17(23)18-13-16-6-5-11-22-16/h5-12H,3-4,13H2,1-2H3,(H2,18,20,23)/b19-12-. The lowest BCUT2D eigenvalue weighted by Gasteiger charge is -2.20. The number of nitrogens with zero attached hydrogens (tertiary/aromatic N) is 2. The van der Waals surface area contributed by atoms with Crippen LogP contribution in [0.3, 0.4) is 0 Å². The van der Waals surface area contributed by atoms with Crippen LogP contribution in [-0.2, 0) is 6.54 Å². The van der Waals surface area contributed by atoms with Gasteiger partial charge in [0.15, 0.2) is 5.11 Å². The van der Waals surface area contributed by atoms with E-state index < -0.39 is 0 Å². The molecule has 6 heteroatoms. The zero-order chi connectivity index (χ0) is 16.5. The Morgan fingerprint density at radius 2 is 1.96 bits per heavy atom. The third kappa shape index (κ3) is 5.41. The van der Waals surface area contributed by atoms with E-state index in [9.17, 15) is 0 Å². The molecule has 0 unspecified atom stereocenters. The van der Waals surface area contributed by atoms with Gasteiger partial charge in [0.25, 0.3) is 0 Å². The number of thiocarbonyl (C=S) groups is 1. The summed E-state index contributed by atoms with van der Waals surface area (Å²) in [4.78, 5) is 2.30. The summed E-state index contributed by atoms with van der Waals surface area (Å²) in [5.41, 5.74) is 5.03. The highest BCUT2D eigenvalue weighted by atomic mass is 32.1.